The number of fused-ring (bicyclic) bond motifs is 2. The van der Waals surface area contributed by atoms with E-state index in [1.807, 2.05) is 36.1 Å². The average molecular weight is 573 g/mol. The minimum absolute atomic E-state index is 0.0942. The number of anilines is 1. The predicted octanol–water partition coefficient (Wildman–Crippen LogP) is 1.32. The largest absolute Gasteiger partial charge is 0.383 e. The Kier molecular flexibility index (Phi) is 8.13. The molecule has 5 rings (SSSR count). The Morgan fingerprint density at radius 1 is 1.17 bits per heavy atom. The van der Waals surface area contributed by atoms with Crippen LogP contribution in [0.15, 0.2) is 33.9 Å². The van der Waals surface area contributed by atoms with Crippen molar-refractivity contribution >= 4 is 33.9 Å². The van der Waals surface area contributed by atoms with Gasteiger partial charge in [-0.2, -0.15) is 4.98 Å². The maximum atomic E-state index is 14.0. The zero-order valence-electron chi connectivity index (χ0n) is 24.6. The van der Waals surface area contributed by atoms with Crippen LogP contribution < -0.4 is 21.5 Å². The molecule has 2 N–H and O–H groups in total. The lowest BCUT2D eigenvalue weighted by Gasteiger charge is -2.34. The zero-order chi connectivity index (χ0) is 30.1. The first kappa shape index (κ1) is 29.0. The first-order valence-corrected chi connectivity index (χ1v) is 14.2. The van der Waals surface area contributed by atoms with E-state index in [0.29, 0.717) is 24.9 Å². The van der Waals surface area contributed by atoms with Gasteiger partial charge >= 0.3 is 5.69 Å². The quantitative estimate of drug-likeness (QED) is 0.316. The number of aromatic nitrogens is 6. The number of amides is 1. The monoisotopic (exact) mass is 572 g/mol. The molecule has 1 aromatic carbocycles. The van der Waals surface area contributed by atoms with Gasteiger partial charge in [-0.25, -0.2) is 14.8 Å². The van der Waals surface area contributed by atoms with E-state index in [1.165, 1.54) is 4.57 Å². The molecule has 1 fully saturated rings. The van der Waals surface area contributed by atoms with Gasteiger partial charge in [-0.05, 0) is 38.7 Å². The van der Waals surface area contributed by atoms with Gasteiger partial charge in [0, 0.05) is 37.3 Å². The summed E-state index contributed by atoms with van der Waals surface area (Å²) in [5.74, 6) is 6.18. The molecule has 0 spiro atoms. The maximum Gasteiger partial charge on any atom is 0.332 e. The third kappa shape index (κ3) is 5.39. The topological polar surface area (TPSA) is 140 Å². The van der Waals surface area contributed by atoms with Gasteiger partial charge in [-0.1, -0.05) is 38.0 Å². The number of nitrogens with zero attached hydrogens (tertiary/aromatic N) is 7. The number of aliphatic hydroxyl groups is 1. The normalized spacial score (nSPS) is 16.1. The van der Waals surface area contributed by atoms with E-state index in [-0.39, 0.29) is 36.2 Å². The van der Waals surface area contributed by atoms with Crippen molar-refractivity contribution in [2.24, 2.45) is 13.0 Å². The Morgan fingerprint density at radius 3 is 2.67 bits per heavy atom. The number of piperidine rings is 1. The molecular formula is C30H36N8O4. The number of para-hydroxylation sites is 1. The van der Waals surface area contributed by atoms with Crippen molar-refractivity contribution in [3.8, 4) is 11.8 Å². The van der Waals surface area contributed by atoms with Crippen LogP contribution in [0.4, 0.5) is 5.95 Å². The Morgan fingerprint density at radius 2 is 1.93 bits per heavy atom. The number of benzene rings is 1. The number of hydrogen-bond acceptors (Lipinski definition) is 8. The fraction of sp³-hybridized carbons (Fsp3) is 0.467. The van der Waals surface area contributed by atoms with Crippen LogP contribution in [0, 0.1) is 24.7 Å². The van der Waals surface area contributed by atoms with E-state index in [0.717, 1.165) is 34.0 Å². The third-order valence-electron chi connectivity index (χ3n) is 7.72. The standard InChI is InChI=1S/C30H36N8O4/c1-6-7-15-37-24-26(34-29(37)36-14-10-11-20(16-36)32-27(40)25(39)18(2)3)35(5)30(42)38(28(24)41)17-23-31-19(4)21-12-8-9-13-22(21)33-23/h8-9,12-13,18,20,25,39H,10-11,14-17H2,1-5H3,(H,32,40)/t20-,25?/m1/s1. The lowest BCUT2D eigenvalue weighted by atomic mass is 10.0. The summed E-state index contributed by atoms with van der Waals surface area (Å²) >= 11 is 0. The van der Waals surface area contributed by atoms with E-state index >= 15 is 0 Å². The molecule has 3 aromatic heterocycles. The smallest absolute Gasteiger partial charge is 0.332 e. The van der Waals surface area contributed by atoms with Crippen LogP contribution in [-0.2, 0) is 24.9 Å². The average Bonchev–Trinajstić information content (AvgIpc) is 3.36. The summed E-state index contributed by atoms with van der Waals surface area (Å²) in [5.41, 5.74) is 0.996. The van der Waals surface area contributed by atoms with Crippen LogP contribution >= 0.6 is 0 Å². The maximum absolute atomic E-state index is 14.0. The molecule has 12 nitrogen and oxygen atoms in total. The molecule has 42 heavy (non-hydrogen) atoms. The number of aliphatic hydroxyl groups excluding tert-OH is 1. The molecule has 4 aromatic rings. The molecule has 1 aliphatic rings. The molecule has 1 saturated heterocycles. The van der Waals surface area contributed by atoms with Crippen LogP contribution in [0.5, 0.6) is 0 Å². The summed E-state index contributed by atoms with van der Waals surface area (Å²) < 4.78 is 4.25. The number of carbonyl (C=O) groups excluding carboxylic acids is 1. The Labute approximate surface area is 243 Å². The predicted molar refractivity (Wildman–Crippen MR) is 160 cm³/mol. The van der Waals surface area contributed by atoms with Gasteiger partial charge in [0.15, 0.2) is 11.2 Å². The summed E-state index contributed by atoms with van der Waals surface area (Å²) in [6.45, 7) is 8.36. The van der Waals surface area contributed by atoms with Gasteiger partial charge in [-0.15, -0.1) is 5.92 Å². The number of imidazole rings is 1. The lowest BCUT2D eigenvalue weighted by molar-refractivity contribution is -0.132. The van der Waals surface area contributed by atoms with Gasteiger partial charge in [-0.3, -0.25) is 23.3 Å². The lowest BCUT2D eigenvalue weighted by Crippen LogP contribution is -2.51. The number of nitrogens with one attached hydrogen (secondary N) is 1. The van der Waals surface area contributed by atoms with Gasteiger partial charge in [0.25, 0.3) is 5.56 Å². The Balaban J connectivity index is 1.56. The van der Waals surface area contributed by atoms with Gasteiger partial charge in [0.05, 0.1) is 18.6 Å². The molecule has 0 saturated carbocycles. The molecule has 4 heterocycles. The second-order valence-electron chi connectivity index (χ2n) is 11.1. The highest BCUT2D eigenvalue weighted by Crippen LogP contribution is 2.24. The van der Waals surface area contributed by atoms with Crippen LogP contribution in [0.1, 0.15) is 45.1 Å². The van der Waals surface area contributed by atoms with E-state index < -0.39 is 23.3 Å². The van der Waals surface area contributed by atoms with Crippen LogP contribution in [0.3, 0.4) is 0 Å². The molecule has 0 radical (unpaired) electrons. The summed E-state index contributed by atoms with van der Waals surface area (Å²) in [6, 6.07) is 7.40. The second kappa shape index (κ2) is 11.8. The van der Waals surface area contributed by atoms with Crippen LogP contribution in [0.2, 0.25) is 0 Å². The molecule has 1 unspecified atom stereocenters. The Hall–Kier alpha value is -4.50. The van der Waals surface area contributed by atoms with Crippen molar-refractivity contribution in [3.63, 3.8) is 0 Å². The number of carbonyl (C=O) groups is 1. The first-order chi connectivity index (χ1) is 20.1. The van der Waals surface area contributed by atoms with E-state index in [2.05, 4.69) is 27.1 Å². The molecular weight excluding hydrogens is 536 g/mol. The fourth-order valence-electron chi connectivity index (χ4n) is 5.42. The highest BCUT2D eigenvalue weighted by Gasteiger charge is 2.29. The molecule has 0 aliphatic carbocycles. The number of aryl methyl sites for hydroxylation is 2. The first-order valence-electron chi connectivity index (χ1n) is 14.2. The second-order valence-corrected chi connectivity index (χ2v) is 11.1. The summed E-state index contributed by atoms with van der Waals surface area (Å²) in [5, 5.41) is 14.1. The third-order valence-corrected chi connectivity index (χ3v) is 7.72. The minimum atomic E-state index is -1.09. The molecule has 2 atom stereocenters. The SMILES string of the molecule is CC#CCn1c(N2CCC[C@@H](NC(=O)C(O)C(C)C)C2)nc2c1c(=O)n(Cc1nc(C)c3ccccc3n1)c(=O)n2C. The van der Waals surface area contributed by atoms with Gasteiger partial charge in [0.2, 0.25) is 11.9 Å². The van der Waals surface area contributed by atoms with E-state index in [9.17, 15) is 19.5 Å². The highest BCUT2D eigenvalue weighted by atomic mass is 16.3. The zero-order valence-corrected chi connectivity index (χ0v) is 24.6. The van der Waals surface area contributed by atoms with Crippen molar-refractivity contribution in [2.45, 2.75) is 65.8 Å². The van der Waals surface area contributed by atoms with Gasteiger partial charge in [0.1, 0.15) is 11.9 Å². The van der Waals surface area contributed by atoms with Gasteiger partial charge < -0.3 is 15.3 Å². The summed E-state index contributed by atoms with van der Waals surface area (Å²) in [7, 11) is 1.59. The molecule has 220 valence electrons. The fourth-order valence-corrected chi connectivity index (χ4v) is 5.42. The highest BCUT2D eigenvalue weighted by molar-refractivity contribution is 5.81. The van der Waals surface area contributed by atoms with Crippen molar-refractivity contribution in [3.05, 3.63) is 56.6 Å². The number of hydrogen-bond donors (Lipinski definition) is 2. The minimum Gasteiger partial charge on any atom is -0.383 e. The summed E-state index contributed by atoms with van der Waals surface area (Å²) in [4.78, 5) is 55.9. The molecule has 1 aliphatic heterocycles. The number of rotatable bonds is 7. The van der Waals surface area contributed by atoms with Crippen molar-refractivity contribution < 1.29 is 9.90 Å². The van der Waals surface area contributed by atoms with E-state index in [4.69, 9.17) is 4.98 Å². The summed E-state index contributed by atoms with van der Waals surface area (Å²) in [6.07, 6.45) is 0.430. The van der Waals surface area contributed by atoms with Crippen LogP contribution in [-0.4, -0.2) is 64.9 Å². The van der Waals surface area contributed by atoms with E-state index in [1.54, 1.807) is 32.4 Å². The van der Waals surface area contributed by atoms with Crippen molar-refractivity contribution in [2.75, 3.05) is 18.0 Å². The van der Waals surface area contributed by atoms with Crippen molar-refractivity contribution in [1.29, 1.82) is 0 Å². The van der Waals surface area contributed by atoms with Crippen molar-refractivity contribution in [1.82, 2.24) is 34.0 Å². The van der Waals surface area contributed by atoms with Crippen LogP contribution in [0.25, 0.3) is 22.1 Å². The Bertz CT molecular complexity index is 1840. The molecule has 0 bridgehead atoms. The molecule has 12 heteroatoms. The molecule has 1 amide bonds.